The second-order valence-corrected chi connectivity index (χ2v) is 11.0. The van der Waals surface area contributed by atoms with Crippen LogP contribution in [0.25, 0.3) is 0 Å². The molecule has 1 aromatic rings. The molecule has 4 atom stereocenters. The Morgan fingerprint density at radius 2 is 1.86 bits per heavy atom. The van der Waals surface area contributed by atoms with Crippen LogP contribution in [-0.4, -0.2) is 92.3 Å². The summed E-state index contributed by atoms with van der Waals surface area (Å²) < 4.78 is 0. The van der Waals surface area contributed by atoms with Crippen molar-refractivity contribution in [3.8, 4) is 0 Å². The molecule has 37 heavy (non-hydrogen) atoms. The molecule has 0 radical (unpaired) electrons. The highest BCUT2D eigenvalue weighted by atomic mass is 16.5. The van der Waals surface area contributed by atoms with Gasteiger partial charge in [-0.3, -0.25) is 19.3 Å². The number of imide groups is 1. The fraction of sp³-hybridized carbons (Fsp3) is 0.542. The van der Waals surface area contributed by atoms with Gasteiger partial charge < -0.3 is 37.2 Å². The van der Waals surface area contributed by atoms with E-state index in [1.165, 1.54) is 4.90 Å². The summed E-state index contributed by atoms with van der Waals surface area (Å²) in [4.78, 5) is 49.0. The molecule has 13 heteroatoms. The summed E-state index contributed by atoms with van der Waals surface area (Å²) in [5, 5.41) is 28.7. The van der Waals surface area contributed by atoms with Crippen molar-refractivity contribution in [2.24, 2.45) is 21.5 Å². The van der Waals surface area contributed by atoms with Gasteiger partial charge in [0.2, 0.25) is 17.6 Å². The number of nitrogens with zero attached hydrogens (tertiary/aromatic N) is 4. The zero-order chi connectivity index (χ0) is 26.9. The Balaban J connectivity index is 1.45. The molecule has 2 saturated heterocycles. The molecule has 1 aromatic carbocycles. The molecule has 2 unspecified atom stereocenters. The molecule has 2 fully saturated rings. The Morgan fingerprint density at radius 1 is 1.19 bits per heavy atom. The molecule has 5 rings (SSSR count). The number of carbonyl (C=O) groups excluding carboxylic acids is 3. The van der Waals surface area contributed by atoms with E-state index in [1.807, 2.05) is 26.8 Å². The molecule has 0 bridgehead atoms. The topological polar surface area (TPSA) is 199 Å². The van der Waals surface area contributed by atoms with Crippen molar-refractivity contribution in [3.63, 3.8) is 0 Å². The van der Waals surface area contributed by atoms with Crippen LogP contribution >= 0.6 is 0 Å². The van der Waals surface area contributed by atoms with Gasteiger partial charge >= 0.3 is 0 Å². The number of carbonyl (C=O) groups is 3. The van der Waals surface area contributed by atoms with Crippen LogP contribution in [-0.2, 0) is 15.0 Å². The first-order chi connectivity index (χ1) is 17.3. The molecule has 1 spiro atoms. The van der Waals surface area contributed by atoms with Gasteiger partial charge in [0.1, 0.15) is 12.1 Å². The summed E-state index contributed by atoms with van der Waals surface area (Å²) in [6.07, 6.45) is 0.204. The van der Waals surface area contributed by atoms with E-state index in [0.717, 1.165) is 10.5 Å². The van der Waals surface area contributed by atoms with E-state index >= 15 is 0 Å². The first kappa shape index (κ1) is 25.0. The van der Waals surface area contributed by atoms with E-state index in [-0.39, 0.29) is 55.1 Å². The molecule has 3 amide bonds. The maximum atomic E-state index is 13.2. The van der Waals surface area contributed by atoms with Crippen molar-refractivity contribution in [3.05, 3.63) is 35.4 Å². The van der Waals surface area contributed by atoms with Gasteiger partial charge in [-0.05, 0) is 23.1 Å². The molecule has 0 saturated carbocycles. The van der Waals surface area contributed by atoms with Crippen molar-refractivity contribution >= 4 is 29.6 Å². The number of guanidine groups is 2. The number of nitrogens with one attached hydrogen (secondary N) is 2. The van der Waals surface area contributed by atoms with E-state index < -0.39 is 35.5 Å². The Bertz CT molecular complexity index is 1220. The Hall–Kier alpha value is -3.71. The average molecular weight is 513 g/mol. The Labute approximate surface area is 213 Å². The monoisotopic (exact) mass is 512 g/mol. The number of hydrogen-bond acceptors (Lipinski definition) is 11. The molecule has 8 N–H and O–H groups in total. The molecule has 0 aromatic heterocycles. The average Bonchev–Trinajstić information content (AvgIpc) is 3.41. The maximum Gasteiger partial charge on any atom is 0.251 e. The van der Waals surface area contributed by atoms with Crippen molar-refractivity contribution in [1.82, 2.24) is 20.4 Å². The van der Waals surface area contributed by atoms with Gasteiger partial charge in [-0.25, -0.2) is 9.98 Å². The number of benzene rings is 1. The van der Waals surface area contributed by atoms with Crippen LogP contribution in [0.15, 0.2) is 34.3 Å². The normalized spacial score (nSPS) is 30.5. The maximum absolute atomic E-state index is 13.2. The van der Waals surface area contributed by atoms with Crippen LogP contribution in [0.1, 0.15) is 49.5 Å². The van der Waals surface area contributed by atoms with Crippen LogP contribution in [0, 0.1) is 0 Å². The number of hydrogen-bond donors (Lipinski definition) is 6. The lowest BCUT2D eigenvalue weighted by atomic mass is 9.84. The second kappa shape index (κ2) is 8.15. The highest BCUT2D eigenvalue weighted by Gasteiger charge is 2.73. The third-order valence-electron chi connectivity index (χ3n) is 7.62. The Kier molecular flexibility index (Phi) is 5.50. The highest BCUT2D eigenvalue weighted by Crippen LogP contribution is 2.45. The third kappa shape index (κ3) is 3.72. The number of aliphatic imine (C=N–C) groups is 2. The van der Waals surface area contributed by atoms with E-state index in [1.54, 1.807) is 18.2 Å². The number of rotatable bonds is 4. The smallest absolute Gasteiger partial charge is 0.251 e. The summed E-state index contributed by atoms with van der Waals surface area (Å²) >= 11 is 0. The highest BCUT2D eigenvalue weighted by molar-refractivity contribution is 6.02. The van der Waals surface area contributed by atoms with Gasteiger partial charge in [-0.1, -0.05) is 32.9 Å². The molecule has 4 aliphatic heterocycles. The minimum absolute atomic E-state index is 0.0586. The summed E-state index contributed by atoms with van der Waals surface area (Å²) in [6.45, 7) is 5.85. The fourth-order valence-corrected chi connectivity index (χ4v) is 5.62. The Morgan fingerprint density at radius 3 is 2.51 bits per heavy atom. The van der Waals surface area contributed by atoms with E-state index in [2.05, 4.69) is 20.6 Å². The summed E-state index contributed by atoms with van der Waals surface area (Å²) in [7, 11) is 0. The molecule has 0 aliphatic carbocycles. The SMILES string of the molecule is CC(C)(C)c1cccc(C(=O)NC2CN3C(N)=NC(CN4C(=O)CCC4=O)[C@@H]4N=C(N)N[C@@]43C2(O)O)c1. The van der Waals surface area contributed by atoms with Crippen molar-refractivity contribution < 1.29 is 24.6 Å². The van der Waals surface area contributed by atoms with Gasteiger partial charge in [-0.15, -0.1) is 0 Å². The van der Waals surface area contributed by atoms with Crippen LogP contribution in [0.3, 0.4) is 0 Å². The van der Waals surface area contributed by atoms with Gasteiger partial charge in [0.25, 0.3) is 5.91 Å². The van der Waals surface area contributed by atoms with Crippen molar-refractivity contribution in [2.45, 2.75) is 68.6 Å². The summed E-state index contributed by atoms with van der Waals surface area (Å²) in [6, 6.07) is 4.01. The third-order valence-corrected chi connectivity index (χ3v) is 7.62. The van der Waals surface area contributed by atoms with E-state index in [9.17, 15) is 24.6 Å². The molecule has 4 heterocycles. The number of aliphatic hydroxyl groups is 2. The van der Waals surface area contributed by atoms with E-state index in [4.69, 9.17) is 11.5 Å². The predicted octanol–water partition coefficient (Wildman–Crippen LogP) is -2.09. The first-order valence-electron chi connectivity index (χ1n) is 12.2. The lowest BCUT2D eigenvalue weighted by molar-refractivity contribution is -0.230. The zero-order valence-corrected chi connectivity index (χ0v) is 20.9. The first-order valence-corrected chi connectivity index (χ1v) is 12.2. The van der Waals surface area contributed by atoms with Crippen LogP contribution in [0.5, 0.6) is 0 Å². The summed E-state index contributed by atoms with van der Waals surface area (Å²) in [5.41, 5.74) is 11.6. The number of nitrogens with two attached hydrogens (primary N) is 2. The van der Waals surface area contributed by atoms with Crippen LogP contribution < -0.4 is 22.1 Å². The van der Waals surface area contributed by atoms with Crippen molar-refractivity contribution in [2.75, 3.05) is 13.1 Å². The minimum Gasteiger partial charge on any atom is -0.370 e. The van der Waals surface area contributed by atoms with Crippen LogP contribution in [0.4, 0.5) is 0 Å². The van der Waals surface area contributed by atoms with Gasteiger partial charge in [-0.2, -0.15) is 0 Å². The quantitative estimate of drug-likeness (QED) is 0.193. The lowest BCUT2D eigenvalue weighted by Gasteiger charge is -2.49. The molecular weight excluding hydrogens is 480 g/mol. The fourth-order valence-electron chi connectivity index (χ4n) is 5.62. The second-order valence-electron chi connectivity index (χ2n) is 11.0. The van der Waals surface area contributed by atoms with E-state index in [0.29, 0.717) is 5.56 Å². The largest absolute Gasteiger partial charge is 0.370 e. The predicted molar refractivity (Wildman–Crippen MR) is 133 cm³/mol. The van der Waals surface area contributed by atoms with Crippen molar-refractivity contribution in [1.29, 1.82) is 0 Å². The zero-order valence-electron chi connectivity index (χ0n) is 20.9. The minimum atomic E-state index is -2.61. The number of likely N-dealkylation sites (tertiary alicyclic amines) is 1. The van der Waals surface area contributed by atoms with Crippen LogP contribution in [0.2, 0.25) is 0 Å². The number of amides is 3. The summed E-state index contributed by atoms with van der Waals surface area (Å²) in [5.74, 6) is -3.93. The molecule has 198 valence electrons. The standard InChI is InChI=1S/C24H32N8O5/c1-22(2,3)13-6-4-5-12(9-13)19(35)28-15-11-32-21(26)27-14(10-31-16(33)7-8-17(31)34)18-23(32,24(15,36)37)30-20(25)29-18/h4-6,9,14-15,18,36-37H,7-8,10-11H2,1-3H3,(H2,26,27)(H,28,35)(H3,25,29,30)/t14?,15?,18-,23-/m0/s1. The van der Waals surface area contributed by atoms with Gasteiger partial charge in [0.15, 0.2) is 17.6 Å². The molecule has 13 nitrogen and oxygen atoms in total. The lowest BCUT2D eigenvalue weighted by Crippen LogP contribution is -2.78. The molecule has 4 aliphatic rings. The molecular formula is C24H32N8O5. The van der Waals surface area contributed by atoms with Gasteiger partial charge in [0, 0.05) is 24.9 Å². The van der Waals surface area contributed by atoms with Gasteiger partial charge in [0.05, 0.1) is 12.6 Å².